The molecule has 0 aliphatic carbocycles. The van der Waals surface area contributed by atoms with Crippen LogP contribution in [0.15, 0.2) is 18.2 Å². The summed E-state index contributed by atoms with van der Waals surface area (Å²) < 4.78 is 0. The maximum atomic E-state index is 11.9. The van der Waals surface area contributed by atoms with E-state index in [-0.39, 0.29) is 17.8 Å². The van der Waals surface area contributed by atoms with Crippen LogP contribution < -0.4 is 5.32 Å². The molecule has 0 radical (unpaired) electrons. The number of carbonyl (C=O) groups excluding carboxylic acids is 1. The third kappa shape index (κ3) is 3.49. The van der Waals surface area contributed by atoms with E-state index in [0.29, 0.717) is 12.1 Å². The molecule has 1 rings (SSSR count). The van der Waals surface area contributed by atoms with Gasteiger partial charge in [-0.25, -0.2) is 9.59 Å². The van der Waals surface area contributed by atoms with Gasteiger partial charge in [0.2, 0.25) is 0 Å². The fraction of sp³-hybridized carbons (Fsp3) is 0.286. The second-order valence-corrected chi connectivity index (χ2v) is 3.95. The number of nitrogens with zero attached hydrogens (tertiary/aromatic N) is 1. The number of terminal acetylenes is 1. The number of hydrogen-bond acceptors (Lipinski definition) is 2. The van der Waals surface area contributed by atoms with Crippen molar-refractivity contribution in [2.45, 2.75) is 13.8 Å². The highest BCUT2D eigenvalue weighted by molar-refractivity contribution is 6.01. The Morgan fingerprint density at radius 2 is 2.16 bits per heavy atom. The van der Waals surface area contributed by atoms with Gasteiger partial charge in [-0.05, 0) is 25.5 Å². The van der Waals surface area contributed by atoms with E-state index < -0.39 is 12.0 Å². The van der Waals surface area contributed by atoms with Gasteiger partial charge in [-0.1, -0.05) is 18.1 Å². The highest BCUT2D eigenvalue weighted by atomic mass is 16.4. The summed E-state index contributed by atoms with van der Waals surface area (Å²) in [6.07, 6.45) is 5.17. The van der Waals surface area contributed by atoms with E-state index in [4.69, 9.17) is 11.5 Å². The number of amides is 2. The molecular formula is C14H16N2O3. The van der Waals surface area contributed by atoms with Crippen molar-refractivity contribution >= 4 is 17.7 Å². The molecule has 0 saturated heterocycles. The van der Waals surface area contributed by atoms with Gasteiger partial charge in [0.05, 0.1) is 17.8 Å². The van der Waals surface area contributed by atoms with Gasteiger partial charge in [0.15, 0.2) is 0 Å². The number of aryl methyl sites for hydroxylation is 1. The third-order valence-corrected chi connectivity index (χ3v) is 2.68. The predicted octanol–water partition coefficient (Wildman–Crippen LogP) is 2.18. The van der Waals surface area contributed by atoms with Crippen LogP contribution in [0, 0.1) is 19.3 Å². The number of benzene rings is 1. The van der Waals surface area contributed by atoms with Gasteiger partial charge in [-0.15, -0.1) is 6.42 Å². The average Bonchev–Trinajstić information content (AvgIpc) is 2.35. The van der Waals surface area contributed by atoms with Crippen molar-refractivity contribution in [2.24, 2.45) is 0 Å². The van der Waals surface area contributed by atoms with E-state index in [2.05, 4.69) is 11.2 Å². The zero-order chi connectivity index (χ0) is 14.4. The number of urea groups is 1. The highest BCUT2D eigenvalue weighted by Gasteiger charge is 2.17. The van der Waals surface area contributed by atoms with Crippen molar-refractivity contribution in [2.75, 3.05) is 18.4 Å². The summed E-state index contributed by atoms with van der Waals surface area (Å²) >= 11 is 0. The van der Waals surface area contributed by atoms with Crippen LogP contribution in [0.5, 0.6) is 0 Å². The summed E-state index contributed by atoms with van der Waals surface area (Å²) in [4.78, 5) is 24.5. The molecule has 0 fully saturated rings. The lowest BCUT2D eigenvalue weighted by atomic mass is 10.1. The summed E-state index contributed by atoms with van der Waals surface area (Å²) in [5.74, 6) is 1.31. The maximum Gasteiger partial charge on any atom is 0.338 e. The van der Waals surface area contributed by atoms with Gasteiger partial charge in [-0.2, -0.15) is 0 Å². The van der Waals surface area contributed by atoms with Crippen molar-refractivity contribution in [3.05, 3.63) is 29.3 Å². The van der Waals surface area contributed by atoms with E-state index in [1.54, 1.807) is 32.0 Å². The van der Waals surface area contributed by atoms with E-state index in [0.717, 1.165) is 0 Å². The van der Waals surface area contributed by atoms with Crippen molar-refractivity contribution in [3.8, 4) is 12.3 Å². The summed E-state index contributed by atoms with van der Waals surface area (Å²) in [5.41, 5.74) is 0.950. The van der Waals surface area contributed by atoms with E-state index in [1.807, 2.05) is 0 Å². The minimum absolute atomic E-state index is 0.0904. The van der Waals surface area contributed by atoms with Crippen molar-refractivity contribution < 1.29 is 14.7 Å². The van der Waals surface area contributed by atoms with Crippen molar-refractivity contribution in [1.82, 2.24) is 4.90 Å². The number of rotatable bonds is 4. The third-order valence-electron chi connectivity index (χ3n) is 2.68. The molecule has 0 bridgehead atoms. The number of hydrogen-bond donors (Lipinski definition) is 2. The normalized spacial score (nSPS) is 9.53. The monoisotopic (exact) mass is 260 g/mol. The molecule has 0 saturated carbocycles. The molecule has 0 heterocycles. The van der Waals surface area contributed by atoms with Gasteiger partial charge in [0.25, 0.3) is 0 Å². The Hall–Kier alpha value is -2.48. The molecule has 0 aromatic heterocycles. The molecule has 1 aromatic carbocycles. The van der Waals surface area contributed by atoms with Gasteiger partial charge < -0.3 is 15.3 Å². The first-order valence-corrected chi connectivity index (χ1v) is 5.83. The van der Waals surface area contributed by atoms with Crippen LogP contribution in [0.4, 0.5) is 10.5 Å². The lowest BCUT2D eigenvalue weighted by Gasteiger charge is -2.19. The lowest BCUT2D eigenvalue weighted by Crippen LogP contribution is -2.35. The molecule has 0 spiro atoms. The quantitative estimate of drug-likeness (QED) is 0.815. The molecule has 0 unspecified atom stereocenters. The summed E-state index contributed by atoms with van der Waals surface area (Å²) in [6, 6.07) is 4.51. The molecule has 0 aliphatic heterocycles. The van der Waals surface area contributed by atoms with Crippen LogP contribution in [-0.2, 0) is 0 Å². The van der Waals surface area contributed by atoms with Gasteiger partial charge in [0.1, 0.15) is 0 Å². The molecule has 1 aromatic rings. The van der Waals surface area contributed by atoms with Crippen LogP contribution >= 0.6 is 0 Å². The minimum Gasteiger partial charge on any atom is -0.478 e. The number of carboxylic acids is 1. The Bertz CT molecular complexity index is 532. The Morgan fingerprint density at radius 1 is 1.47 bits per heavy atom. The Morgan fingerprint density at radius 3 is 2.68 bits per heavy atom. The number of anilines is 1. The van der Waals surface area contributed by atoms with Crippen LogP contribution in [0.3, 0.4) is 0 Å². The molecule has 2 amide bonds. The summed E-state index contributed by atoms with van der Waals surface area (Å²) in [7, 11) is 0. The first kappa shape index (κ1) is 14.6. The van der Waals surface area contributed by atoms with E-state index in [1.165, 1.54) is 4.90 Å². The smallest absolute Gasteiger partial charge is 0.338 e. The maximum absolute atomic E-state index is 11.9. The molecule has 2 N–H and O–H groups in total. The summed E-state index contributed by atoms with van der Waals surface area (Å²) in [6.45, 7) is 4.10. The van der Waals surface area contributed by atoms with Gasteiger partial charge in [0, 0.05) is 6.54 Å². The number of carboxylic acid groups (broad SMARTS) is 1. The largest absolute Gasteiger partial charge is 0.478 e. The zero-order valence-corrected chi connectivity index (χ0v) is 10.9. The standard InChI is InChI=1S/C14H16N2O3/c1-4-9-16(5-2)14(19)15-11-8-6-7-10(3)12(11)13(17)18/h1,6-8H,5,9H2,2-3H3,(H,15,19)(H,17,18). The molecule has 0 aliphatic rings. The molecule has 5 nitrogen and oxygen atoms in total. The second kappa shape index (κ2) is 6.45. The lowest BCUT2D eigenvalue weighted by molar-refractivity contribution is 0.0697. The fourth-order valence-electron chi connectivity index (χ4n) is 1.69. The highest BCUT2D eigenvalue weighted by Crippen LogP contribution is 2.19. The topological polar surface area (TPSA) is 69.6 Å². The van der Waals surface area contributed by atoms with Gasteiger partial charge in [-0.3, -0.25) is 0 Å². The van der Waals surface area contributed by atoms with Crippen LogP contribution in [-0.4, -0.2) is 35.1 Å². The first-order chi connectivity index (χ1) is 9.01. The van der Waals surface area contributed by atoms with Gasteiger partial charge >= 0.3 is 12.0 Å². The van der Waals surface area contributed by atoms with E-state index >= 15 is 0 Å². The van der Waals surface area contributed by atoms with Crippen LogP contribution in [0.2, 0.25) is 0 Å². The van der Waals surface area contributed by atoms with E-state index in [9.17, 15) is 9.59 Å². The van der Waals surface area contributed by atoms with Crippen LogP contribution in [0.1, 0.15) is 22.8 Å². The molecule has 5 heteroatoms. The summed E-state index contributed by atoms with van der Waals surface area (Å²) in [5, 5.41) is 11.7. The minimum atomic E-state index is -1.08. The molecule has 19 heavy (non-hydrogen) atoms. The Kier molecular flexibility index (Phi) is 4.95. The number of carbonyl (C=O) groups is 2. The fourth-order valence-corrected chi connectivity index (χ4v) is 1.69. The molecular weight excluding hydrogens is 244 g/mol. The average molecular weight is 260 g/mol. The number of aromatic carboxylic acids is 1. The Labute approximate surface area is 112 Å². The van der Waals surface area contributed by atoms with Crippen molar-refractivity contribution in [3.63, 3.8) is 0 Å². The zero-order valence-electron chi connectivity index (χ0n) is 10.9. The second-order valence-electron chi connectivity index (χ2n) is 3.95. The molecule has 0 atom stereocenters. The van der Waals surface area contributed by atoms with Crippen LogP contribution in [0.25, 0.3) is 0 Å². The predicted molar refractivity (Wildman–Crippen MR) is 73.2 cm³/mol. The molecule has 100 valence electrons. The van der Waals surface area contributed by atoms with Crippen molar-refractivity contribution in [1.29, 1.82) is 0 Å². The SMILES string of the molecule is C#CCN(CC)C(=O)Nc1cccc(C)c1C(=O)O. The number of nitrogens with one attached hydrogen (secondary N) is 1. The Balaban J connectivity index is 3.00. The first-order valence-electron chi connectivity index (χ1n) is 5.83.